The van der Waals surface area contributed by atoms with Crippen molar-refractivity contribution in [2.75, 3.05) is 5.73 Å². The van der Waals surface area contributed by atoms with Crippen molar-refractivity contribution in [1.29, 1.82) is 0 Å². The lowest BCUT2D eigenvalue weighted by atomic mass is 10.1. The molecule has 2 heterocycles. The van der Waals surface area contributed by atoms with Crippen LogP contribution in [0.25, 0.3) is 0 Å². The minimum atomic E-state index is 0.435. The van der Waals surface area contributed by atoms with Gasteiger partial charge in [-0.1, -0.05) is 0 Å². The van der Waals surface area contributed by atoms with Gasteiger partial charge in [0.15, 0.2) is 0 Å². The molecule has 0 bridgehead atoms. The van der Waals surface area contributed by atoms with E-state index < -0.39 is 0 Å². The van der Waals surface area contributed by atoms with Crippen LogP contribution in [0.3, 0.4) is 0 Å². The minimum Gasteiger partial charge on any atom is -0.368 e. The number of fused-ring (bicyclic) bond motifs is 1. The maximum Gasteiger partial charge on any atom is 0.220 e. The molecular formula is C9H12N4. The third-order valence-electron chi connectivity index (χ3n) is 2.70. The first-order valence-electron chi connectivity index (χ1n) is 4.70. The SMILES string of the molecule is Nc1nc2c(c(C3CC3)n1)CNC2. The molecule has 1 aliphatic carbocycles. The highest BCUT2D eigenvalue weighted by molar-refractivity contribution is 5.37. The predicted octanol–water partition coefficient (Wildman–Crippen LogP) is 0.539. The lowest BCUT2D eigenvalue weighted by Crippen LogP contribution is -2.04. The maximum atomic E-state index is 5.65. The molecule has 0 saturated heterocycles. The van der Waals surface area contributed by atoms with Gasteiger partial charge in [0, 0.05) is 24.6 Å². The summed E-state index contributed by atoms with van der Waals surface area (Å²) >= 11 is 0. The molecule has 0 aromatic carbocycles. The van der Waals surface area contributed by atoms with Gasteiger partial charge in [-0.05, 0) is 12.8 Å². The standard InChI is InChI=1S/C9H12N4/c10-9-12-7-4-11-3-6(7)8(13-9)5-1-2-5/h5,11H,1-4H2,(H2,10,12,13). The normalized spacial score (nSPS) is 20.3. The van der Waals surface area contributed by atoms with E-state index in [9.17, 15) is 0 Å². The summed E-state index contributed by atoms with van der Waals surface area (Å²) in [7, 11) is 0. The highest BCUT2D eigenvalue weighted by atomic mass is 15.1. The van der Waals surface area contributed by atoms with Crippen LogP contribution in [0.2, 0.25) is 0 Å². The summed E-state index contributed by atoms with van der Waals surface area (Å²) < 4.78 is 0. The summed E-state index contributed by atoms with van der Waals surface area (Å²) in [6.45, 7) is 1.77. The number of hydrogen-bond donors (Lipinski definition) is 2. The first-order chi connectivity index (χ1) is 6.34. The van der Waals surface area contributed by atoms with Crippen molar-refractivity contribution < 1.29 is 0 Å². The molecule has 0 spiro atoms. The molecule has 4 heteroatoms. The van der Waals surface area contributed by atoms with Crippen molar-refractivity contribution in [1.82, 2.24) is 15.3 Å². The van der Waals surface area contributed by atoms with E-state index >= 15 is 0 Å². The third-order valence-corrected chi connectivity index (χ3v) is 2.70. The zero-order valence-corrected chi connectivity index (χ0v) is 7.38. The van der Waals surface area contributed by atoms with Crippen LogP contribution in [0.5, 0.6) is 0 Å². The molecule has 13 heavy (non-hydrogen) atoms. The second-order valence-electron chi connectivity index (χ2n) is 3.77. The molecule has 0 unspecified atom stereocenters. The fraction of sp³-hybridized carbons (Fsp3) is 0.556. The Morgan fingerprint density at radius 1 is 1.23 bits per heavy atom. The van der Waals surface area contributed by atoms with Crippen molar-refractivity contribution in [3.8, 4) is 0 Å². The number of nitrogens with one attached hydrogen (secondary N) is 1. The van der Waals surface area contributed by atoms with Gasteiger partial charge in [-0.2, -0.15) is 0 Å². The molecule has 0 atom stereocenters. The maximum absolute atomic E-state index is 5.65. The second-order valence-corrected chi connectivity index (χ2v) is 3.77. The number of nitrogen functional groups attached to an aromatic ring is 1. The average Bonchev–Trinajstić information content (AvgIpc) is 2.84. The average molecular weight is 176 g/mol. The number of nitrogens with two attached hydrogens (primary N) is 1. The smallest absolute Gasteiger partial charge is 0.220 e. The number of aromatic nitrogens is 2. The van der Waals surface area contributed by atoms with Crippen LogP contribution in [0.4, 0.5) is 5.95 Å². The molecule has 1 aromatic heterocycles. The second kappa shape index (κ2) is 2.42. The van der Waals surface area contributed by atoms with Crippen molar-refractivity contribution in [2.45, 2.75) is 31.8 Å². The van der Waals surface area contributed by atoms with E-state index in [1.807, 2.05) is 0 Å². The van der Waals surface area contributed by atoms with Gasteiger partial charge >= 0.3 is 0 Å². The van der Waals surface area contributed by atoms with Gasteiger partial charge in [0.1, 0.15) is 0 Å². The number of nitrogens with zero attached hydrogens (tertiary/aromatic N) is 2. The Balaban J connectivity index is 2.16. The Morgan fingerprint density at radius 2 is 2.08 bits per heavy atom. The van der Waals surface area contributed by atoms with Gasteiger partial charge in [-0.25, -0.2) is 9.97 Å². The molecule has 0 radical (unpaired) electrons. The highest BCUT2D eigenvalue weighted by Gasteiger charge is 2.30. The van der Waals surface area contributed by atoms with Crippen LogP contribution >= 0.6 is 0 Å². The summed E-state index contributed by atoms with van der Waals surface area (Å²) in [6.07, 6.45) is 2.53. The van der Waals surface area contributed by atoms with E-state index in [4.69, 9.17) is 5.73 Å². The summed E-state index contributed by atoms with van der Waals surface area (Å²) in [6, 6.07) is 0. The van der Waals surface area contributed by atoms with Crippen LogP contribution < -0.4 is 11.1 Å². The minimum absolute atomic E-state index is 0.435. The van der Waals surface area contributed by atoms with Crippen LogP contribution in [-0.2, 0) is 13.1 Å². The number of anilines is 1. The van der Waals surface area contributed by atoms with E-state index in [-0.39, 0.29) is 0 Å². The van der Waals surface area contributed by atoms with E-state index in [0.29, 0.717) is 11.9 Å². The first kappa shape index (κ1) is 7.26. The molecule has 68 valence electrons. The Morgan fingerprint density at radius 3 is 2.85 bits per heavy atom. The van der Waals surface area contributed by atoms with Crippen LogP contribution in [0.15, 0.2) is 0 Å². The fourth-order valence-corrected chi connectivity index (χ4v) is 1.91. The van der Waals surface area contributed by atoms with E-state index in [1.54, 1.807) is 0 Å². The van der Waals surface area contributed by atoms with Gasteiger partial charge in [0.05, 0.1) is 11.4 Å². The third kappa shape index (κ3) is 1.09. The predicted molar refractivity (Wildman–Crippen MR) is 49.0 cm³/mol. The van der Waals surface area contributed by atoms with Crippen LogP contribution in [0, 0.1) is 0 Å². The lowest BCUT2D eigenvalue weighted by Gasteiger charge is -2.05. The molecule has 3 N–H and O–H groups in total. The van der Waals surface area contributed by atoms with Crippen LogP contribution in [0.1, 0.15) is 35.7 Å². The van der Waals surface area contributed by atoms with Gasteiger partial charge < -0.3 is 11.1 Å². The van der Waals surface area contributed by atoms with Gasteiger partial charge in [-0.3, -0.25) is 0 Å². The van der Waals surface area contributed by atoms with Gasteiger partial charge in [0.2, 0.25) is 5.95 Å². The molecule has 2 aliphatic rings. The molecule has 1 aliphatic heterocycles. The van der Waals surface area contributed by atoms with E-state index in [1.165, 1.54) is 24.1 Å². The Kier molecular flexibility index (Phi) is 1.35. The summed E-state index contributed by atoms with van der Waals surface area (Å²) in [5, 5.41) is 3.28. The Bertz CT molecular complexity index is 357. The molecule has 0 amide bonds. The molecule has 1 fully saturated rings. The Labute approximate surface area is 76.6 Å². The molecule has 1 aromatic rings. The summed E-state index contributed by atoms with van der Waals surface area (Å²) in [5.41, 5.74) is 9.26. The topological polar surface area (TPSA) is 63.8 Å². The summed E-state index contributed by atoms with van der Waals surface area (Å²) in [4.78, 5) is 8.56. The van der Waals surface area contributed by atoms with Crippen LogP contribution in [-0.4, -0.2) is 9.97 Å². The molecule has 4 nitrogen and oxygen atoms in total. The number of hydrogen-bond acceptors (Lipinski definition) is 4. The van der Waals surface area contributed by atoms with Crippen molar-refractivity contribution in [3.63, 3.8) is 0 Å². The zero-order valence-electron chi connectivity index (χ0n) is 7.38. The van der Waals surface area contributed by atoms with Crippen molar-refractivity contribution in [2.24, 2.45) is 0 Å². The van der Waals surface area contributed by atoms with E-state index in [0.717, 1.165) is 18.8 Å². The van der Waals surface area contributed by atoms with Crippen molar-refractivity contribution >= 4 is 5.95 Å². The first-order valence-corrected chi connectivity index (χ1v) is 4.70. The Hall–Kier alpha value is -1.16. The monoisotopic (exact) mass is 176 g/mol. The zero-order chi connectivity index (χ0) is 8.84. The lowest BCUT2D eigenvalue weighted by molar-refractivity contribution is 0.755. The largest absolute Gasteiger partial charge is 0.368 e. The molecule has 1 saturated carbocycles. The quantitative estimate of drug-likeness (QED) is 0.655. The van der Waals surface area contributed by atoms with E-state index in [2.05, 4.69) is 15.3 Å². The number of rotatable bonds is 1. The summed E-state index contributed by atoms with van der Waals surface area (Å²) in [5.74, 6) is 1.10. The molecular weight excluding hydrogens is 164 g/mol. The van der Waals surface area contributed by atoms with Gasteiger partial charge in [-0.15, -0.1) is 0 Å². The van der Waals surface area contributed by atoms with Crippen molar-refractivity contribution in [3.05, 3.63) is 17.0 Å². The fourth-order valence-electron chi connectivity index (χ4n) is 1.91. The van der Waals surface area contributed by atoms with Gasteiger partial charge in [0.25, 0.3) is 0 Å². The highest BCUT2D eigenvalue weighted by Crippen LogP contribution is 2.41. The molecule has 3 rings (SSSR count).